The van der Waals surface area contributed by atoms with Crippen molar-refractivity contribution in [3.8, 4) is 34.1 Å². The number of aromatic nitrogens is 4. The van der Waals surface area contributed by atoms with Gasteiger partial charge in [-0.25, -0.2) is 19.3 Å². The molecular formula is C22H18FN5O. The van der Waals surface area contributed by atoms with Crippen LogP contribution in [0.4, 0.5) is 10.2 Å². The van der Waals surface area contributed by atoms with E-state index < -0.39 is 5.82 Å². The molecule has 2 heterocycles. The van der Waals surface area contributed by atoms with E-state index in [9.17, 15) is 0 Å². The maximum absolute atomic E-state index is 15.6. The molecule has 144 valence electrons. The summed E-state index contributed by atoms with van der Waals surface area (Å²) in [5.41, 5.74) is 9.04. The molecule has 0 radical (unpaired) electrons. The Morgan fingerprint density at radius 2 is 1.55 bits per heavy atom. The van der Waals surface area contributed by atoms with E-state index in [0.29, 0.717) is 11.3 Å². The van der Waals surface area contributed by atoms with Gasteiger partial charge < -0.3 is 10.5 Å². The van der Waals surface area contributed by atoms with Gasteiger partial charge in [-0.1, -0.05) is 30.3 Å². The Morgan fingerprint density at radius 1 is 0.862 bits per heavy atom. The van der Waals surface area contributed by atoms with Gasteiger partial charge >= 0.3 is 6.01 Å². The molecule has 0 aliphatic heterocycles. The van der Waals surface area contributed by atoms with E-state index in [4.69, 9.17) is 10.5 Å². The van der Waals surface area contributed by atoms with Crippen molar-refractivity contribution < 1.29 is 9.13 Å². The molecule has 0 spiro atoms. The predicted octanol–water partition coefficient (Wildman–Crippen LogP) is 4.73. The second kappa shape index (κ2) is 7.63. The lowest BCUT2D eigenvalue weighted by atomic mass is 10.0. The van der Waals surface area contributed by atoms with Crippen molar-refractivity contribution in [3.05, 3.63) is 78.1 Å². The first-order valence-corrected chi connectivity index (χ1v) is 8.97. The number of nitrogens with zero attached hydrogens (tertiary/aromatic N) is 4. The summed E-state index contributed by atoms with van der Waals surface area (Å²) in [7, 11) is 0. The number of ether oxygens (including phenoxy) is 1. The Kier molecular flexibility index (Phi) is 4.87. The van der Waals surface area contributed by atoms with Crippen LogP contribution in [0.2, 0.25) is 0 Å². The second-order valence-corrected chi connectivity index (χ2v) is 6.53. The number of anilines is 1. The summed E-state index contributed by atoms with van der Waals surface area (Å²) in [6.45, 7) is 3.66. The number of rotatable bonds is 4. The average molecular weight is 387 g/mol. The molecule has 6 nitrogen and oxygen atoms in total. The summed E-state index contributed by atoms with van der Waals surface area (Å²) in [5, 5.41) is 0. The summed E-state index contributed by atoms with van der Waals surface area (Å²) >= 11 is 0. The Bertz CT molecular complexity index is 1140. The number of benzene rings is 2. The van der Waals surface area contributed by atoms with E-state index in [2.05, 4.69) is 19.9 Å². The molecular weight excluding hydrogens is 369 g/mol. The molecule has 0 saturated heterocycles. The minimum absolute atomic E-state index is 0.0253. The van der Waals surface area contributed by atoms with Crippen LogP contribution < -0.4 is 10.5 Å². The molecule has 2 aromatic heterocycles. The molecule has 4 rings (SSSR count). The highest BCUT2D eigenvalue weighted by molar-refractivity contribution is 5.76. The van der Waals surface area contributed by atoms with E-state index in [1.54, 1.807) is 12.1 Å². The number of aryl methyl sites for hydroxylation is 2. The summed E-state index contributed by atoms with van der Waals surface area (Å²) in [6.07, 6.45) is 2.81. The van der Waals surface area contributed by atoms with Crippen molar-refractivity contribution in [1.29, 1.82) is 0 Å². The molecule has 0 fully saturated rings. The van der Waals surface area contributed by atoms with Crippen LogP contribution in [0.25, 0.3) is 22.4 Å². The standard InChI is InChI=1S/C22H18FN5O/c1-13-10-14(2)28-22(27-13)29-21-16(15-6-4-3-5-7-15)8-9-17(20(21)23)18-11-26-19(24)12-25-18/h3-12H,1-2H3,(H2,24,26). The number of hydrogen-bond acceptors (Lipinski definition) is 6. The normalized spacial score (nSPS) is 10.7. The Balaban J connectivity index is 1.88. The van der Waals surface area contributed by atoms with Gasteiger partial charge in [0.15, 0.2) is 11.6 Å². The van der Waals surface area contributed by atoms with Crippen LogP contribution in [-0.2, 0) is 0 Å². The molecule has 2 aromatic carbocycles. The van der Waals surface area contributed by atoms with Gasteiger partial charge in [0.25, 0.3) is 0 Å². The zero-order chi connectivity index (χ0) is 20.4. The van der Waals surface area contributed by atoms with Gasteiger partial charge in [-0.15, -0.1) is 0 Å². The van der Waals surface area contributed by atoms with E-state index in [-0.39, 0.29) is 23.1 Å². The molecule has 29 heavy (non-hydrogen) atoms. The third-order valence-corrected chi connectivity index (χ3v) is 4.28. The van der Waals surface area contributed by atoms with Crippen LogP contribution in [-0.4, -0.2) is 19.9 Å². The van der Waals surface area contributed by atoms with Gasteiger partial charge in [0.05, 0.1) is 18.1 Å². The van der Waals surface area contributed by atoms with Crippen LogP contribution in [0, 0.1) is 19.7 Å². The zero-order valence-electron chi connectivity index (χ0n) is 15.9. The van der Waals surface area contributed by atoms with Gasteiger partial charge in [-0.05, 0) is 37.6 Å². The first-order chi connectivity index (χ1) is 14.0. The predicted molar refractivity (Wildman–Crippen MR) is 109 cm³/mol. The molecule has 0 unspecified atom stereocenters. The van der Waals surface area contributed by atoms with Gasteiger partial charge in [-0.3, -0.25) is 4.98 Å². The summed E-state index contributed by atoms with van der Waals surface area (Å²) in [6, 6.07) is 14.7. The molecule has 0 bridgehead atoms. The monoisotopic (exact) mass is 387 g/mol. The average Bonchev–Trinajstić information content (AvgIpc) is 2.70. The number of halogens is 1. The van der Waals surface area contributed by atoms with Crippen molar-refractivity contribution in [3.63, 3.8) is 0 Å². The molecule has 2 N–H and O–H groups in total. The summed E-state index contributed by atoms with van der Waals surface area (Å²) in [4.78, 5) is 16.7. The van der Waals surface area contributed by atoms with E-state index in [0.717, 1.165) is 17.0 Å². The summed E-state index contributed by atoms with van der Waals surface area (Å²) < 4.78 is 21.5. The van der Waals surface area contributed by atoms with E-state index >= 15 is 4.39 Å². The van der Waals surface area contributed by atoms with Crippen molar-refractivity contribution in [1.82, 2.24) is 19.9 Å². The van der Waals surface area contributed by atoms with Gasteiger partial charge in [0.2, 0.25) is 0 Å². The second-order valence-electron chi connectivity index (χ2n) is 6.53. The van der Waals surface area contributed by atoms with Crippen molar-refractivity contribution in [2.24, 2.45) is 0 Å². The lowest BCUT2D eigenvalue weighted by Gasteiger charge is -2.14. The molecule has 0 atom stereocenters. The minimum atomic E-state index is -0.576. The first-order valence-electron chi connectivity index (χ1n) is 8.97. The van der Waals surface area contributed by atoms with E-state index in [1.165, 1.54) is 12.4 Å². The first kappa shape index (κ1) is 18.5. The topological polar surface area (TPSA) is 86.8 Å². The summed E-state index contributed by atoms with van der Waals surface area (Å²) in [5.74, 6) is -0.291. The van der Waals surface area contributed by atoms with Crippen LogP contribution in [0.15, 0.2) is 60.9 Å². The fourth-order valence-corrected chi connectivity index (χ4v) is 3.01. The van der Waals surface area contributed by atoms with Crippen molar-refractivity contribution >= 4 is 5.82 Å². The highest BCUT2D eigenvalue weighted by Gasteiger charge is 2.20. The van der Waals surface area contributed by atoms with Crippen LogP contribution >= 0.6 is 0 Å². The van der Waals surface area contributed by atoms with E-state index in [1.807, 2.05) is 50.2 Å². The van der Waals surface area contributed by atoms with Crippen LogP contribution in [0.3, 0.4) is 0 Å². The highest BCUT2D eigenvalue weighted by atomic mass is 19.1. The van der Waals surface area contributed by atoms with Gasteiger partial charge in [0.1, 0.15) is 5.82 Å². The Morgan fingerprint density at radius 3 is 2.21 bits per heavy atom. The third kappa shape index (κ3) is 3.89. The Labute approximate surface area is 167 Å². The Hall–Kier alpha value is -3.87. The van der Waals surface area contributed by atoms with Crippen molar-refractivity contribution in [2.75, 3.05) is 5.73 Å². The van der Waals surface area contributed by atoms with Crippen molar-refractivity contribution in [2.45, 2.75) is 13.8 Å². The zero-order valence-corrected chi connectivity index (χ0v) is 15.9. The SMILES string of the molecule is Cc1cc(C)nc(Oc2c(-c3ccccc3)ccc(-c3cnc(N)cn3)c2F)n1. The molecule has 4 aromatic rings. The quantitative estimate of drug-likeness (QED) is 0.545. The van der Waals surface area contributed by atoms with Crippen LogP contribution in [0.5, 0.6) is 11.8 Å². The smallest absolute Gasteiger partial charge is 0.322 e. The minimum Gasteiger partial charge on any atom is -0.420 e. The fraction of sp³-hybridized carbons (Fsp3) is 0.0909. The largest absolute Gasteiger partial charge is 0.420 e. The number of hydrogen-bond donors (Lipinski definition) is 1. The lowest BCUT2D eigenvalue weighted by molar-refractivity contribution is 0.411. The van der Waals surface area contributed by atoms with Gasteiger partial charge in [0, 0.05) is 22.5 Å². The molecule has 0 amide bonds. The molecule has 7 heteroatoms. The molecule has 0 aliphatic carbocycles. The number of nitrogen functional groups attached to an aromatic ring is 1. The third-order valence-electron chi connectivity index (χ3n) is 4.28. The maximum atomic E-state index is 15.6. The lowest BCUT2D eigenvalue weighted by Crippen LogP contribution is -2.01. The highest BCUT2D eigenvalue weighted by Crippen LogP contribution is 2.39. The maximum Gasteiger partial charge on any atom is 0.322 e. The van der Waals surface area contributed by atoms with Gasteiger partial charge in [-0.2, -0.15) is 0 Å². The number of nitrogens with two attached hydrogens (primary N) is 1. The molecule has 0 saturated carbocycles. The molecule has 0 aliphatic rings. The fourth-order valence-electron chi connectivity index (χ4n) is 3.01. The van der Waals surface area contributed by atoms with Crippen LogP contribution in [0.1, 0.15) is 11.4 Å².